The predicted octanol–water partition coefficient (Wildman–Crippen LogP) is 4.75. The number of aromatic hydroxyl groups is 2. The largest absolute Gasteiger partial charge is 0.508 e. The number of allylic oxidation sites excluding steroid dienone is 8. The van der Waals surface area contributed by atoms with E-state index in [0.29, 0.717) is 11.1 Å². The number of ketones is 1. The van der Waals surface area contributed by atoms with Gasteiger partial charge in [0.1, 0.15) is 11.5 Å². The minimum Gasteiger partial charge on any atom is -0.508 e. The fraction of sp³-hybridized carbons (Fsp3) is 0.0870. The summed E-state index contributed by atoms with van der Waals surface area (Å²) < 4.78 is 0. The highest BCUT2D eigenvalue weighted by molar-refractivity contribution is 6.11. The van der Waals surface area contributed by atoms with Crippen LogP contribution in [0.15, 0.2) is 85.0 Å². The van der Waals surface area contributed by atoms with Gasteiger partial charge in [0.15, 0.2) is 5.78 Å². The summed E-state index contributed by atoms with van der Waals surface area (Å²) in [5, 5.41) is 19.8. The van der Waals surface area contributed by atoms with E-state index in [0.717, 1.165) is 11.1 Å². The van der Waals surface area contributed by atoms with Crippen molar-refractivity contribution in [3.05, 3.63) is 107 Å². The van der Waals surface area contributed by atoms with Crippen LogP contribution in [0.25, 0.3) is 0 Å². The molecule has 2 aromatic rings. The molecule has 0 amide bonds. The fourth-order valence-corrected chi connectivity index (χ4v) is 3.49. The second-order valence-corrected chi connectivity index (χ2v) is 6.46. The van der Waals surface area contributed by atoms with Gasteiger partial charge in [-0.1, -0.05) is 48.6 Å². The molecule has 4 rings (SSSR count). The zero-order valence-corrected chi connectivity index (χ0v) is 14.0. The maximum Gasteiger partial charge on any atom is 0.193 e. The number of carbonyl (C=O) groups is 1. The van der Waals surface area contributed by atoms with Gasteiger partial charge in [0.05, 0.1) is 0 Å². The van der Waals surface area contributed by atoms with E-state index in [9.17, 15) is 15.0 Å². The Morgan fingerprint density at radius 3 is 1.42 bits per heavy atom. The minimum atomic E-state index is -0.114. The van der Waals surface area contributed by atoms with Crippen molar-refractivity contribution in [3.63, 3.8) is 0 Å². The Bertz CT molecular complexity index is 889. The SMILES string of the molecule is O=C(c1ccc(O)cc1C1C=CC=C1)c1ccc(O)cc1C1C=CC=C1. The third-order valence-electron chi connectivity index (χ3n) is 4.77. The van der Waals surface area contributed by atoms with Crippen LogP contribution in [0, 0.1) is 0 Å². The molecule has 0 spiro atoms. The van der Waals surface area contributed by atoms with Crippen LogP contribution in [0.3, 0.4) is 0 Å². The summed E-state index contributed by atoms with van der Waals surface area (Å²) in [5.74, 6) is 0.0915. The molecule has 0 bridgehead atoms. The van der Waals surface area contributed by atoms with Gasteiger partial charge < -0.3 is 10.2 Å². The third-order valence-corrected chi connectivity index (χ3v) is 4.77. The number of benzene rings is 2. The number of hydrogen-bond donors (Lipinski definition) is 2. The lowest BCUT2D eigenvalue weighted by molar-refractivity contribution is 0.103. The molecule has 0 fully saturated rings. The fourth-order valence-electron chi connectivity index (χ4n) is 3.49. The number of carbonyl (C=O) groups excluding carboxylic acids is 1. The molecule has 0 aromatic heterocycles. The van der Waals surface area contributed by atoms with Crippen LogP contribution < -0.4 is 0 Å². The summed E-state index contributed by atoms with van der Waals surface area (Å²) >= 11 is 0. The van der Waals surface area contributed by atoms with E-state index >= 15 is 0 Å². The molecule has 0 atom stereocenters. The Kier molecular flexibility index (Phi) is 4.05. The Morgan fingerprint density at radius 1 is 0.654 bits per heavy atom. The van der Waals surface area contributed by atoms with E-state index in [2.05, 4.69) is 0 Å². The van der Waals surface area contributed by atoms with Crippen molar-refractivity contribution in [3.8, 4) is 11.5 Å². The summed E-state index contributed by atoms with van der Waals surface area (Å²) in [6.07, 6.45) is 15.7. The molecule has 3 nitrogen and oxygen atoms in total. The molecule has 0 aliphatic heterocycles. The van der Waals surface area contributed by atoms with Crippen molar-refractivity contribution < 1.29 is 15.0 Å². The highest BCUT2D eigenvalue weighted by Crippen LogP contribution is 2.34. The monoisotopic (exact) mass is 342 g/mol. The first-order valence-corrected chi connectivity index (χ1v) is 8.54. The molecular weight excluding hydrogens is 324 g/mol. The summed E-state index contributed by atoms with van der Waals surface area (Å²) in [6, 6.07) is 9.71. The third kappa shape index (κ3) is 2.88. The highest BCUT2D eigenvalue weighted by atomic mass is 16.3. The lowest BCUT2D eigenvalue weighted by Crippen LogP contribution is -2.10. The van der Waals surface area contributed by atoms with Crippen molar-refractivity contribution in [1.29, 1.82) is 0 Å². The van der Waals surface area contributed by atoms with E-state index in [1.54, 1.807) is 24.3 Å². The van der Waals surface area contributed by atoms with Crippen molar-refractivity contribution in [2.24, 2.45) is 0 Å². The van der Waals surface area contributed by atoms with Gasteiger partial charge >= 0.3 is 0 Å². The first-order chi connectivity index (χ1) is 12.6. The van der Waals surface area contributed by atoms with Gasteiger partial charge in [-0.3, -0.25) is 4.79 Å². The van der Waals surface area contributed by atoms with Gasteiger partial charge in [-0.05, 0) is 47.5 Å². The van der Waals surface area contributed by atoms with Crippen LogP contribution in [0.1, 0.15) is 38.9 Å². The molecule has 0 saturated heterocycles. The Hall–Kier alpha value is -3.33. The lowest BCUT2D eigenvalue weighted by atomic mass is 9.86. The smallest absolute Gasteiger partial charge is 0.193 e. The molecule has 2 aliphatic rings. The van der Waals surface area contributed by atoms with Gasteiger partial charge in [0, 0.05) is 23.0 Å². The van der Waals surface area contributed by atoms with Crippen LogP contribution in [0.2, 0.25) is 0 Å². The number of phenolic OH excluding ortho intramolecular Hbond substituents is 2. The van der Waals surface area contributed by atoms with Crippen molar-refractivity contribution in [2.75, 3.05) is 0 Å². The molecule has 0 heterocycles. The average Bonchev–Trinajstić information content (AvgIpc) is 3.35. The topological polar surface area (TPSA) is 57.5 Å². The molecule has 128 valence electrons. The van der Waals surface area contributed by atoms with Gasteiger partial charge in [-0.25, -0.2) is 0 Å². The van der Waals surface area contributed by atoms with E-state index < -0.39 is 0 Å². The number of phenols is 2. The van der Waals surface area contributed by atoms with Crippen molar-refractivity contribution >= 4 is 5.78 Å². The summed E-state index contributed by atoms with van der Waals surface area (Å²) in [7, 11) is 0. The van der Waals surface area contributed by atoms with Crippen LogP contribution in [-0.4, -0.2) is 16.0 Å². The molecule has 2 N–H and O–H groups in total. The Labute approximate surface area is 151 Å². The number of rotatable bonds is 4. The lowest BCUT2D eigenvalue weighted by Gasteiger charge is -2.16. The van der Waals surface area contributed by atoms with Crippen LogP contribution in [-0.2, 0) is 0 Å². The Balaban J connectivity index is 1.82. The first kappa shape index (κ1) is 16.2. The van der Waals surface area contributed by atoms with Crippen LogP contribution in [0.4, 0.5) is 0 Å². The highest BCUT2D eigenvalue weighted by Gasteiger charge is 2.23. The molecule has 2 aromatic carbocycles. The van der Waals surface area contributed by atoms with E-state index in [4.69, 9.17) is 0 Å². The predicted molar refractivity (Wildman–Crippen MR) is 102 cm³/mol. The molecule has 26 heavy (non-hydrogen) atoms. The average molecular weight is 342 g/mol. The Morgan fingerprint density at radius 2 is 1.04 bits per heavy atom. The van der Waals surface area contributed by atoms with E-state index in [-0.39, 0.29) is 29.1 Å². The molecular formula is C23H18O3. The molecule has 0 radical (unpaired) electrons. The maximum atomic E-state index is 13.4. The standard InChI is InChI=1S/C23H18O3/c24-17-9-11-19(21(13-17)15-5-1-2-6-15)23(26)20-12-10-18(25)14-22(20)16-7-3-4-8-16/h1-16,24-25H. The van der Waals surface area contributed by atoms with Crippen molar-refractivity contribution in [1.82, 2.24) is 0 Å². The number of hydrogen-bond acceptors (Lipinski definition) is 3. The summed E-state index contributed by atoms with van der Waals surface area (Å²) in [6.45, 7) is 0. The van der Waals surface area contributed by atoms with Crippen LogP contribution >= 0.6 is 0 Å². The van der Waals surface area contributed by atoms with E-state index in [1.807, 2.05) is 48.6 Å². The van der Waals surface area contributed by atoms with Gasteiger partial charge in [0.25, 0.3) is 0 Å². The van der Waals surface area contributed by atoms with Crippen LogP contribution in [0.5, 0.6) is 11.5 Å². The summed E-state index contributed by atoms with van der Waals surface area (Å²) in [4.78, 5) is 13.4. The first-order valence-electron chi connectivity index (χ1n) is 8.54. The normalized spacial score (nSPS) is 16.0. The second kappa shape index (κ2) is 6.52. The van der Waals surface area contributed by atoms with Crippen molar-refractivity contribution in [2.45, 2.75) is 11.8 Å². The minimum absolute atomic E-state index is 0.0344. The zero-order valence-electron chi connectivity index (χ0n) is 14.0. The second-order valence-electron chi connectivity index (χ2n) is 6.46. The summed E-state index contributed by atoms with van der Waals surface area (Å²) in [5.41, 5.74) is 2.66. The molecule has 2 aliphatic carbocycles. The maximum absolute atomic E-state index is 13.4. The van der Waals surface area contributed by atoms with Gasteiger partial charge in [0.2, 0.25) is 0 Å². The van der Waals surface area contributed by atoms with Gasteiger partial charge in [-0.2, -0.15) is 0 Å². The molecule has 3 heteroatoms. The zero-order chi connectivity index (χ0) is 18.1. The van der Waals surface area contributed by atoms with Gasteiger partial charge in [-0.15, -0.1) is 0 Å². The molecule has 0 saturated carbocycles. The molecule has 0 unspecified atom stereocenters. The van der Waals surface area contributed by atoms with E-state index in [1.165, 1.54) is 12.1 Å². The quantitative estimate of drug-likeness (QED) is 0.789.